The predicted octanol–water partition coefficient (Wildman–Crippen LogP) is 2.49. The number of ether oxygens (including phenoxy) is 5. The molecule has 0 unspecified atom stereocenters. The van der Waals surface area contributed by atoms with E-state index in [-0.39, 0.29) is 26.4 Å². The number of alkyl halides is 6. The first kappa shape index (κ1) is 43.9. The highest BCUT2D eigenvalue weighted by Crippen LogP contribution is 2.36. The Morgan fingerprint density at radius 2 is 1.06 bits per heavy atom. The molecule has 1 aliphatic rings. The first-order valence-electron chi connectivity index (χ1n) is 13.2. The van der Waals surface area contributed by atoms with Crippen LogP contribution in [0.25, 0.3) is 4.13 Å². The highest BCUT2D eigenvalue weighted by Gasteiger charge is 2.47. The van der Waals surface area contributed by atoms with Crippen LogP contribution >= 0.6 is 0 Å². The maximum Gasteiger partial charge on any atom is 0.480 e. The van der Waals surface area contributed by atoms with Crippen LogP contribution in [0.3, 0.4) is 0 Å². The topological polar surface area (TPSA) is 180 Å². The quantitative estimate of drug-likeness (QED) is 0.0474. The Morgan fingerprint density at radius 3 is 1.38 bits per heavy atom. The molecule has 47 heavy (non-hydrogen) atoms. The number of quaternary nitrogens is 1. The van der Waals surface area contributed by atoms with Gasteiger partial charge in [0.15, 0.2) is 20.0 Å². The minimum Gasteiger partial charge on any atom is -0.462 e. The first-order chi connectivity index (χ1) is 21.5. The van der Waals surface area contributed by atoms with Crippen molar-refractivity contribution in [2.24, 2.45) is 5.41 Å². The van der Waals surface area contributed by atoms with Crippen LogP contribution in [0.2, 0.25) is 0 Å². The Bertz CT molecular complexity index is 1190. The molecule has 1 fully saturated rings. The molecule has 0 atom stereocenters. The third-order valence-corrected chi connectivity index (χ3v) is 8.99. The number of methoxy groups -OCH3 is 1. The molecule has 0 aromatic rings. The first-order valence-corrected chi connectivity index (χ1v) is 16.1. The number of halogens is 6. The van der Waals surface area contributed by atoms with E-state index in [9.17, 15) is 57.6 Å². The van der Waals surface area contributed by atoms with E-state index in [0.717, 1.165) is 53.0 Å². The van der Waals surface area contributed by atoms with Crippen molar-refractivity contribution in [2.45, 2.75) is 23.9 Å². The van der Waals surface area contributed by atoms with Gasteiger partial charge in [0, 0.05) is 38.2 Å². The van der Waals surface area contributed by atoms with Gasteiger partial charge in [0.05, 0.1) is 38.3 Å². The van der Waals surface area contributed by atoms with Gasteiger partial charge in [-0.25, -0.2) is 31.2 Å². The van der Waals surface area contributed by atoms with Crippen LogP contribution in [0, 0.1) is 5.41 Å². The van der Waals surface area contributed by atoms with Crippen LogP contribution in [0.4, 0.5) is 26.3 Å². The fourth-order valence-electron chi connectivity index (χ4n) is 3.71. The minimum absolute atomic E-state index is 0.0382. The fourth-order valence-corrected chi connectivity index (χ4v) is 5.42. The summed E-state index contributed by atoms with van der Waals surface area (Å²) in [5.74, 6) is -1.96. The maximum atomic E-state index is 11.7. The molecule has 272 valence electrons. The molecule has 1 saturated heterocycles. The van der Waals surface area contributed by atoms with Gasteiger partial charge in [-0.05, 0) is 0 Å². The molecule has 0 N–H and O–H groups in total. The fraction of sp³-hybridized carbons (Fsp3) is 0.640. The molecule has 1 rings (SSSR count). The van der Waals surface area contributed by atoms with Gasteiger partial charge < -0.3 is 32.3 Å². The SMILES string of the molecule is C=CC(=O)OCC(COCC[N+]1(CCOC)CCCC1)(COC(=O)C=C)COC(=O)C=C.O=S(=O)([N-]S(=O)(=O)C(F)(F)F)C(F)(F)F. The lowest BCUT2D eigenvalue weighted by molar-refractivity contribution is -0.917. The summed E-state index contributed by atoms with van der Waals surface area (Å²) in [7, 11) is -11.8. The summed E-state index contributed by atoms with van der Waals surface area (Å²) in [6.45, 7) is 14.5. The van der Waals surface area contributed by atoms with Crippen LogP contribution in [-0.2, 0) is 58.1 Å². The Labute approximate surface area is 268 Å². The van der Waals surface area contributed by atoms with E-state index in [0.29, 0.717) is 13.2 Å². The third kappa shape index (κ3) is 15.6. The number of hydrogen-bond acceptors (Lipinski definition) is 12. The molecule has 0 spiro atoms. The Balaban J connectivity index is 0.00000118. The highest BCUT2D eigenvalue weighted by atomic mass is 32.3. The van der Waals surface area contributed by atoms with Gasteiger partial charge >= 0.3 is 28.9 Å². The van der Waals surface area contributed by atoms with Crippen molar-refractivity contribution in [3.05, 3.63) is 42.1 Å². The molecular formula is C25H36F6N2O12S2. The highest BCUT2D eigenvalue weighted by molar-refractivity contribution is 8.13. The summed E-state index contributed by atoms with van der Waals surface area (Å²) in [5.41, 5.74) is -13.5. The number of hydrogen-bond donors (Lipinski definition) is 0. The number of likely N-dealkylation sites (tertiary alicyclic amines) is 1. The maximum absolute atomic E-state index is 11.7. The number of esters is 3. The number of carbonyl (C=O) groups excluding carboxylic acids is 3. The normalized spacial score (nSPS) is 15.0. The van der Waals surface area contributed by atoms with E-state index in [4.69, 9.17) is 23.7 Å². The molecule has 0 bridgehead atoms. The van der Waals surface area contributed by atoms with Gasteiger partial charge in [-0.2, -0.15) is 26.3 Å². The second-order valence-electron chi connectivity index (χ2n) is 9.84. The summed E-state index contributed by atoms with van der Waals surface area (Å²) in [6.07, 6.45) is 5.40. The monoisotopic (exact) mass is 734 g/mol. The second-order valence-corrected chi connectivity index (χ2v) is 13.3. The lowest BCUT2D eigenvalue weighted by Crippen LogP contribution is -2.50. The van der Waals surface area contributed by atoms with Crippen molar-refractivity contribution in [2.75, 3.05) is 72.9 Å². The van der Waals surface area contributed by atoms with Gasteiger partial charge in [-0.15, -0.1) is 0 Å². The van der Waals surface area contributed by atoms with Gasteiger partial charge in [-0.1, -0.05) is 19.7 Å². The molecule has 0 radical (unpaired) electrons. The number of nitrogens with zero attached hydrogens (tertiary/aromatic N) is 2. The molecule has 0 saturated carbocycles. The van der Waals surface area contributed by atoms with E-state index < -0.39 is 54.4 Å². The summed E-state index contributed by atoms with van der Waals surface area (Å²) in [5, 5.41) is 0. The molecule has 1 heterocycles. The van der Waals surface area contributed by atoms with Crippen molar-refractivity contribution < 1.29 is 85.7 Å². The summed E-state index contributed by atoms with van der Waals surface area (Å²) in [6, 6.07) is 0. The molecule has 0 amide bonds. The number of carbonyl (C=O) groups is 3. The van der Waals surface area contributed by atoms with Crippen molar-refractivity contribution in [1.82, 2.24) is 0 Å². The van der Waals surface area contributed by atoms with Gasteiger partial charge in [0.1, 0.15) is 32.9 Å². The van der Waals surface area contributed by atoms with Crippen molar-refractivity contribution >= 4 is 38.0 Å². The molecule has 0 aromatic carbocycles. The van der Waals surface area contributed by atoms with E-state index in [2.05, 4.69) is 19.7 Å². The molecular weight excluding hydrogens is 698 g/mol. The molecule has 0 aliphatic carbocycles. The van der Waals surface area contributed by atoms with E-state index >= 15 is 0 Å². The van der Waals surface area contributed by atoms with Gasteiger partial charge in [0.2, 0.25) is 0 Å². The van der Waals surface area contributed by atoms with Crippen molar-refractivity contribution in [3.8, 4) is 0 Å². The van der Waals surface area contributed by atoms with Crippen molar-refractivity contribution in [3.63, 3.8) is 0 Å². The largest absolute Gasteiger partial charge is 0.480 e. The average molecular weight is 735 g/mol. The van der Waals surface area contributed by atoms with Crippen LogP contribution in [0.15, 0.2) is 38.0 Å². The predicted molar refractivity (Wildman–Crippen MR) is 151 cm³/mol. The van der Waals surface area contributed by atoms with Crippen LogP contribution in [0.1, 0.15) is 12.8 Å². The molecule has 0 aromatic heterocycles. The van der Waals surface area contributed by atoms with Gasteiger partial charge in [-0.3, -0.25) is 0 Å². The Kier molecular flexibility index (Phi) is 17.8. The number of sulfonamides is 2. The van der Waals surface area contributed by atoms with Crippen LogP contribution in [-0.4, -0.2) is 123 Å². The average Bonchev–Trinajstić information content (AvgIpc) is 3.45. The zero-order chi connectivity index (χ0) is 36.6. The zero-order valence-corrected chi connectivity index (χ0v) is 26.8. The van der Waals surface area contributed by atoms with Crippen LogP contribution in [0.5, 0.6) is 0 Å². The van der Waals surface area contributed by atoms with Gasteiger partial charge in [0.25, 0.3) is 0 Å². The minimum atomic E-state index is -6.72. The lowest BCUT2D eigenvalue weighted by Gasteiger charge is -2.35. The molecule has 1 aliphatic heterocycles. The van der Waals surface area contributed by atoms with E-state index in [1.807, 2.05) is 0 Å². The second kappa shape index (κ2) is 19.1. The smallest absolute Gasteiger partial charge is 0.462 e. The van der Waals surface area contributed by atoms with Crippen LogP contribution < -0.4 is 0 Å². The molecule has 14 nitrogen and oxygen atoms in total. The van der Waals surface area contributed by atoms with E-state index in [1.165, 1.54) is 12.8 Å². The zero-order valence-electron chi connectivity index (χ0n) is 25.2. The summed E-state index contributed by atoms with van der Waals surface area (Å²) >= 11 is 0. The standard InChI is InChI=1S/C23H36NO8.C2F6NO4S2/c1-5-20(25)30-17-23(18-31-21(26)6-2,19-32-22(27)7-3)16-29-15-13-24(12-14-28-4)10-8-9-11-24;3-1(4,5)14(10,11)9-15(12,13)2(6,7)8/h5-7H,1-3,8-19H2,4H3;/q+1;-1. The Hall–Kier alpha value is -3.05. The van der Waals surface area contributed by atoms with Crippen molar-refractivity contribution in [1.29, 1.82) is 0 Å². The van der Waals surface area contributed by atoms with E-state index in [1.54, 1.807) is 7.11 Å². The number of rotatable bonds is 19. The summed E-state index contributed by atoms with van der Waals surface area (Å²) in [4.78, 5) is 35.0. The third-order valence-electron chi connectivity index (χ3n) is 6.25. The lowest BCUT2D eigenvalue weighted by atomic mass is 9.92. The summed E-state index contributed by atoms with van der Waals surface area (Å²) < 4.78 is 137. The Morgan fingerprint density at radius 1 is 0.702 bits per heavy atom. The molecule has 22 heteroatoms.